The van der Waals surface area contributed by atoms with Crippen LogP contribution in [-0.4, -0.2) is 4.57 Å². The highest BCUT2D eigenvalue weighted by atomic mass is 16.3. The van der Waals surface area contributed by atoms with E-state index in [-0.39, 0.29) is 0 Å². The maximum Gasteiger partial charge on any atom is 0.136 e. The van der Waals surface area contributed by atoms with E-state index in [1.54, 1.807) is 0 Å². The van der Waals surface area contributed by atoms with E-state index in [0.29, 0.717) is 0 Å². The first-order valence-electron chi connectivity index (χ1n) is 21.5. The van der Waals surface area contributed by atoms with Crippen molar-refractivity contribution in [3.8, 4) is 50.2 Å². The summed E-state index contributed by atoms with van der Waals surface area (Å²) in [6, 6.07) is 87.0. The number of nitrogens with zero attached hydrogens (tertiary/aromatic N) is 2. The van der Waals surface area contributed by atoms with Crippen LogP contribution in [0.15, 0.2) is 247 Å². The highest BCUT2D eigenvalue weighted by Gasteiger charge is 2.19. The molecule has 2 aromatic heterocycles. The van der Waals surface area contributed by atoms with Gasteiger partial charge in [-0.05, 0) is 106 Å². The number of aromatic nitrogens is 1. The van der Waals surface area contributed by atoms with E-state index in [1.165, 1.54) is 49.6 Å². The molecule has 12 aromatic rings. The molecule has 2 heterocycles. The summed E-state index contributed by atoms with van der Waals surface area (Å²) in [5, 5.41) is 4.77. The van der Waals surface area contributed by atoms with Crippen LogP contribution in [0.2, 0.25) is 0 Å². The molecule has 0 saturated carbocycles. The highest BCUT2D eigenvalue weighted by molar-refractivity contribution is 6.12. The van der Waals surface area contributed by atoms with Crippen LogP contribution in [0.25, 0.3) is 93.9 Å². The third-order valence-electron chi connectivity index (χ3n) is 12.4. The van der Waals surface area contributed by atoms with Crippen LogP contribution in [0.3, 0.4) is 0 Å². The van der Waals surface area contributed by atoms with Gasteiger partial charge in [-0.3, -0.25) is 0 Å². The summed E-state index contributed by atoms with van der Waals surface area (Å²) in [7, 11) is 0. The summed E-state index contributed by atoms with van der Waals surface area (Å²) in [5.74, 6) is 0. The summed E-state index contributed by atoms with van der Waals surface area (Å²) in [5.41, 5.74) is 18.0. The molecule has 0 atom stereocenters. The smallest absolute Gasteiger partial charge is 0.136 e. The molecule has 63 heavy (non-hydrogen) atoms. The Morgan fingerprint density at radius 1 is 0.286 bits per heavy atom. The number of para-hydroxylation sites is 4. The predicted octanol–water partition coefficient (Wildman–Crippen LogP) is 16.8. The zero-order valence-corrected chi connectivity index (χ0v) is 34.4. The topological polar surface area (TPSA) is 21.3 Å². The van der Waals surface area contributed by atoms with Gasteiger partial charge in [-0.2, -0.15) is 0 Å². The lowest BCUT2D eigenvalue weighted by atomic mass is 9.94. The van der Waals surface area contributed by atoms with Crippen molar-refractivity contribution in [3.05, 3.63) is 243 Å². The van der Waals surface area contributed by atoms with Crippen molar-refractivity contribution in [1.29, 1.82) is 0 Å². The first-order chi connectivity index (χ1) is 31.3. The van der Waals surface area contributed by atoms with Crippen LogP contribution in [0, 0.1) is 0 Å². The van der Waals surface area contributed by atoms with E-state index in [4.69, 9.17) is 4.42 Å². The minimum Gasteiger partial charge on any atom is -0.456 e. The number of benzene rings is 10. The summed E-state index contributed by atoms with van der Waals surface area (Å²) in [6.07, 6.45) is 0. The van der Waals surface area contributed by atoms with Crippen molar-refractivity contribution in [3.63, 3.8) is 0 Å². The maximum absolute atomic E-state index is 6.26. The number of rotatable bonds is 8. The molecule has 0 unspecified atom stereocenters. The van der Waals surface area contributed by atoms with Gasteiger partial charge < -0.3 is 13.9 Å². The quantitative estimate of drug-likeness (QED) is 0.153. The minimum absolute atomic E-state index is 0.896. The summed E-state index contributed by atoms with van der Waals surface area (Å²) < 4.78 is 8.67. The first-order valence-corrected chi connectivity index (χ1v) is 21.5. The Morgan fingerprint density at radius 3 is 1.30 bits per heavy atom. The van der Waals surface area contributed by atoms with Gasteiger partial charge in [0.05, 0.1) is 16.7 Å². The standard InChI is InChI=1S/C60H40N2O/c1-2-15-41(16-3-1)48-17-4-5-18-49(48)42-29-35-45(36-30-42)61(47-39-33-44(34-40-47)51-23-14-28-59-60(51)54-22-9-13-27-58(54)63-59)46-37-31-43(32-38-46)50-19-6-10-24-55(50)62-56-25-11-7-20-52(56)53-21-8-12-26-57(53)62/h1-40H. The number of hydrogen-bond acceptors (Lipinski definition) is 2. The predicted molar refractivity (Wildman–Crippen MR) is 264 cm³/mol. The van der Waals surface area contributed by atoms with Gasteiger partial charge in [0, 0.05) is 44.2 Å². The molecule has 0 radical (unpaired) electrons. The van der Waals surface area contributed by atoms with Crippen molar-refractivity contribution >= 4 is 60.8 Å². The molecule has 10 aromatic carbocycles. The van der Waals surface area contributed by atoms with Gasteiger partial charge in [0.2, 0.25) is 0 Å². The molecule has 0 bridgehead atoms. The molecule has 0 saturated heterocycles. The third kappa shape index (κ3) is 6.29. The fourth-order valence-corrected chi connectivity index (χ4v) is 9.53. The highest BCUT2D eigenvalue weighted by Crippen LogP contribution is 2.42. The zero-order valence-electron chi connectivity index (χ0n) is 34.4. The second kappa shape index (κ2) is 15.3. The van der Waals surface area contributed by atoms with Gasteiger partial charge in [0.15, 0.2) is 0 Å². The molecule has 0 aliphatic carbocycles. The van der Waals surface area contributed by atoms with E-state index < -0.39 is 0 Å². The second-order valence-electron chi connectivity index (χ2n) is 16.1. The van der Waals surface area contributed by atoms with E-state index in [2.05, 4.69) is 240 Å². The Labute approximate surface area is 366 Å². The lowest BCUT2D eigenvalue weighted by Crippen LogP contribution is -2.10. The molecule has 0 amide bonds. The molecule has 3 nitrogen and oxygen atoms in total. The maximum atomic E-state index is 6.26. The molecular weight excluding hydrogens is 765 g/mol. The van der Waals surface area contributed by atoms with Crippen LogP contribution in [0.1, 0.15) is 0 Å². The molecule has 0 aliphatic heterocycles. The molecule has 296 valence electrons. The molecular formula is C60H40N2O. The van der Waals surface area contributed by atoms with E-state index in [1.807, 2.05) is 12.1 Å². The van der Waals surface area contributed by atoms with Crippen molar-refractivity contribution in [2.24, 2.45) is 0 Å². The third-order valence-corrected chi connectivity index (χ3v) is 12.4. The average molecular weight is 805 g/mol. The Morgan fingerprint density at radius 2 is 0.698 bits per heavy atom. The van der Waals surface area contributed by atoms with Crippen molar-refractivity contribution in [2.75, 3.05) is 4.90 Å². The summed E-state index contributed by atoms with van der Waals surface area (Å²) >= 11 is 0. The number of hydrogen-bond donors (Lipinski definition) is 0. The van der Waals surface area contributed by atoms with Crippen molar-refractivity contribution < 1.29 is 4.42 Å². The number of fused-ring (bicyclic) bond motifs is 6. The van der Waals surface area contributed by atoms with Crippen molar-refractivity contribution in [1.82, 2.24) is 4.57 Å². The second-order valence-corrected chi connectivity index (χ2v) is 16.1. The van der Waals surface area contributed by atoms with E-state index >= 15 is 0 Å². The lowest BCUT2D eigenvalue weighted by Gasteiger charge is -2.26. The summed E-state index contributed by atoms with van der Waals surface area (Å²) in [4.78, 5) is 2.35. The largest absolute Gasteiger partial charge is 0.456 e. The fraction of sp³-hybridized carbons (Fsp3) is 0. The molecule has 0 N–H and O–H groups in total. The van der Waals surface area contributed by atoms with E-state index in [9.17, 15) is 0 Å². The Balaban J connectivity index is 0.960. The number of furan rings is 1. The van der Waals surface area contributed by atoms with Crippen LogP contribution in [-0.2, 0) is 0 Å². The van der Waals surface area contributed by atoms with Crippen LogP contribution >= 0.6 is 0 Å². The average Bonchev–Trinajstić information content (AvgIpc) is 3.91. The van der Waals surface area contributed by atoms with Crippen LogP contribution in [0.4, 0.5) is 17.1 Å². The van der Waals surface area contributed by atoms with Crippen molar-refractivity contribution in [2.45, 2.75) is 0 Å². The van der Waals surface area contributed by atoms with Gasteiger partial charge >= 0.3 is 0 Å². The molecule has 0 fully saturated rings. The monoisotopic (exact) mass is 804 g/mol. The molecule has 3 heteroatoms. The van der Waals surface area contributed by atoms with Gasteiger partial charge in [0.25, 0.3) is 0 Å². The van der Waals surface area contributed by atoms with Crippen LogP contribution < -0.4 is 4.90 Å². The Bertz CT molecular complexity index is 3550. The normalized spacial score (nSPS) is 11.5. The van der Waals surface area contributed by atoms with Gasteiger partial charge in [-0.1, -0.05) is 176 Å². The SMILES string of the molecule is c1ccc(-c2ccccc2-c2ccc(N(c3ccc(-c4ccccc4-n4c5ccccc5c5ccccc54)cc3)c3ccc(-c4cccc5oc6ccccc6c45)cc3)cc2)cc1. The minimum atomic E-state index is 0.896. The Hall–Kier alpha value is -8.40. The first kappa shape index (κ1) is 36.5. The molecule has 12 rings (SSSR count). The number of anilines is 3. The fourth-order valence-electron chi connectivity index (χ4n) is 9.53. The molecule has 0 spiro atoms. The molecule has 0 aliphatic rings. The lowest BCUT2D eigenvalue weighted by molar-refractivity contribution is 0.669. The van der Waals surface area contributed by atoms with Gasteiger partial charge in [-0.15, -0.1) is 0 Å². The van der Waals surface area contributed by atoms with Gasteiger partial charge in [0.1, 0.15) is 11.2 Å². The van der Waals surface area contributed by atoms with Gasteiger partial charge in [-0.25, -0.2) is 0 Å². The Kier molecular flexibility index (Phi) is 8.83. The van der Waals surface area contributed by atoms with E-state index in [0.717, 1.165) is 61.4 Å². The summed E-state index contributed by atoms with van der Waals surface area (Å²) in [6.45, 7) is 0. The zero-order chi connectivity index (χ0) is 41.7. The van der Waals surface area contributed by atoms with Crippen LogP contribution in [0.5, 0.6) is 0 Å².